The van der Waals surface area contributed by atoms with Crippen LogP contribution < -0.4 is 5.32 Å². The molecule has 1 atom stereocenters. The number of rotatable bonds is 11. The van der Waals surface area contributed by atoms with E-state index < -0.39 is 12.0 Å². The molecule has 0 fully saturated rings. The second kappa shape index (κ2) is 14.5. The van der Waals surface area contributed by atoms with Crippen LogP contribution in [0.3, 0.4) is 0 Å². The van der Waals surface area contributed by atoms with Crippen molar-refractivity contribution < 1.29 is 9.90 Å². The third kappa shape index (κ3) is 14.4. The van der Waals surface area contributed by atoms with Crippen molar-refractivity contribution in [3.8, 4) is 0 Å². The fourth-order valence-corrected chi connectivity index (χ4v) is 1.66. The molecule has 98 valence electrons. The molecule has 0 aromatic heterocycles. The average molecular weight is 253 g/mol. The van der Waals surface area contributed by atoms with Crippen molar-refractivity contribution in [2.75, 3.05) is 6.54 Å². The molecule has 2 N–H and O–H groups in total. The topological polar surface area (TPSA) is 49.3 Å². The van der Waals surface area contributed by atoms with E-state index in [0.717, 1.165) is 13.0 Å². The number of hydrogen-bond donors (Lipinski definition) is 2. The Morgan fingerprint density at radius 3 is 2.00 bits per heavy atom. The maximum absolute atomic E-state index is 10.5. The Bertz CT molecular complexity index is 177. The summed E-state index contributed by atoms with van der Waals surface area (Å²) in [5, 5.41) is 11.6. The molecule has 0 heterocycles. The van der Waals surface area contributed by atoms with Crippen molar-refractivity contribution in [1.29, 1.82) is 0 Å². The Labute approximate surface area is 128 Å². The molecule has 3 nitrogen and oxygen atoms in total. The quantitative estimate of drug-likeness (QED) is 0.439. The van der Waals surface area contributed by atoms with E-state index in [9.17, 15) is 4.79 Å². The van der Waals surface area contributed by atoms with Crippen molar-refractivity contribution in [1.82, 2.24) is 5.32 Å². The molecule has 1 unspecified atom stereocenters. The molecule has 0 aliphatic rings. The van der Waals surface area contributed by atoms with Gasteiger partial charge in [-0.25, -0.2) is 0 Å². The van der Waals surface area contributed by atoms with Gasteiger partial charge in [0.05, 0.1) is 0 Å². The average Bonchev–Trinajstić information content (AvgIpc) is 2.26. The van der Waals surface area contributed by atoms with Crippen molar-refractivity contribution >= 4 is 35.5 Å². The van der Waals surface area contributed by atoms with Gasteiger partial charge in [0.15, 0.2) is 0 Å². The Hall–Kier alpha value is 0.430. The van der Waals surface area contributed by atoms with Crippen molar-refractivity contribution in [3.63, 3.8) is 0 Å². The van der Waals surface area contributed by atoms with Crippen LogP contribution in [0.2, 0.25) is 0 Å². The van der Waals surface area contributed by atoms with E-state index in [0.29, 0.717) is 0 Å². The predicted molar refractivity (Wildman–Crippen MR) is 74.9 cm³/mol. The van der Waals surface area contributed by atoms with E-state index in [-0.39, 0.29) is 29.6 Å². The summed E-state index contributed by atoms with van der Waals surface area (Å²) in [6.07, 6.45) is 10.3. The standard InChI is InChI=1S/C13H27NO2.Na.H/c1-3-4-5-6-7-8-9-10-11-14-12(2)13(15)16;;/h12,14H,3-11H2,1-2H3,(H,15,16);;. The van der Waals surface area contributed by atoms with Gasteiger partial charge in [0.25, 0.3) is 0 Å². The van der Waals surface area contributed by atoms with Crippen LogP contribution in [0.15, 0.2) is 0 Å². The van der Waals surface area contributed by atoms with Gasteiger partial charge in [-0.1, -0.05) is 51.9 Å². The van der Waals surface area contributed by atoms with Crippen LogP contribution in [0.5, 0.6) is 0 Å². The summed E-state index contributed by atoms with van der Waals surface area (Å²) in [4.78, 5) is 10.5. The maximum atomic E-state index is 10.5. The molecule has 0 spiro atoms. The SMILES string of the molecule is CCCCCCCCCCNC(C)C(=O)O.[NaH]. The van der Waals surface area contributed by atoms with Crippen molar-refractivity contribution in [2.24, 2.45) is 0 Å². The van der Waals surface area contributed by atoms with E-state index in [4.69, 9.17) is 5.11 Å². The Morgan fingerprint density at radius 2 is 1.53 bits per heavy atom. The van der Waals surface area contributed by atoms with Crippen LogP contribution in [-0.2, 0) is 4.79 Å². The number of carboxylic acid groups (broad SMARTS) is 1. The molecule has 0 aliphatic heterocycles. The molecule has 0 saturated carbocycles. The molecule has 4 heteroatoms. The van der Waals surface area contributed by atoms with Gasteiger partial charge >= 0.3 is 35.5 Å². The van der Waals surface area contributed by atoms with Gasteiger partial charge in [-0.3, -0.25) is 4.79 Å². The van der Waals surface area contributed by atoms with Gasteiger partial charge in [0, 0.05) is 0 Å². The second-order valence-corrected chi connectivity index (χ2v) is 4.49. The molecule has 17 heavy (non-hydrogen) atoms. The molecule has 0 aliphatic carbocycles. The number of unbranched alkanes of at least 4 members (excludes halogenated alkanes) is 7. The van der Waals surface area contributed by atoms with Crippen molar-refractivity contribution in [3.05, 3.63) is 0 Å². The normalized spacial score (nSPS) is 11.9. The molecule has 0 radical (unpaired) electrons. The predicted octanol–water partition coefficient (Wildman–Crippen LogP) is 2.54. The second-order valence-electron chi connectivity index (χ2n) is 4.49. The molecule has 0 bridgehead atoms. The molecule has 0 amide bonds. The first kappa shape index (κ1) is 19.8. The Morgan fingerprint density at radius 1 is 1.06 bits per heavy atom. The van der Waals surface area contributed by atoms with E-state index in [1.54, 1.807) is 6.92 Å². The number of carboxylic acids is 1. The zero-order valence-electron chi connectivity index (χ0n) is 10.8. The number of aliphatic carboxylic acids is 1. The molecular weight excluding hydrogens is 225 g/mol. The minimum absolute atomic E-state index is 0. The van der Waals surface area contributed by atoms with Gasteiger partial charge < -0.3 is 10.4 Å². The summed E-state index contributed by atoms with van der Waals surface area (Å²) < 4.78 is 0. The first-order valence-electron chi connectivity index (χ1n) is 6.64. The van der Waals surface area contributed by atoms with E-state index >= 15 is 0 Å². The molecule has 0 rings (SSSR count). The first-order chi connectivity index (χ1) is 7.68. The summed E-state index contributed by atoms with van der Waals surface area (Å²) in [7, 11) is 0. The Balaban J connectivity index is 0. The van der Waals surface area contributed by atoms with Gasteiger partial charge in [0.1, 0.15) is 6.04 Å². The van der Waals surface area contributed by atoms with Gasteiger partial charge in [-0.2, -0.15) is 0 Å². The van der Waals surface area contributed by atoms with Crippen LogP contribution >= 0.6 is 0 Å². The summed E-state index contributed by atoms with van der Waals surface area (Å²) in [5.74, 6) is -0.764. The summed E-state index contributed by atoms with van der Waals surface area (Å²) in [5.41, 5.74) is 0. The van der Waals surface area contributed by atoms with Crippen LogP contribution in [0.25, 0.3) is 0 Å². The fourth-order valence-electron chi connectivity index (χ4n) is 1.66. The van der Waals surface area contributed by atoms with Crippen LogP contribution in [0.4, 0.5) is 0 Å². The summed E-state index contributed by atoms with van der Waals surface area (Å²) in [6, 6.07) is -0.412. The first-order valence-corrected chi connectivity index (χ1v) is 6.64. The van der Waals surface area contributed by atoms with Crippen LogP contribution in [-0.4, -0.2) is 53.2 Å². The third-order valence-electron chi connectivity index (χ3n) is 2.85. The van der Waals surface area contributed by atoms with Crippen molar-refractivity contribution in [2.45, 2.75) is 71.3 Å². The van der Waals surface area contributed by atoms with E-state index in [1.807, 2.05) is 0 Å². The zero-order valence-corrected chi connectivity index (χ0v) is 10.8. The van der Waals surface area contributed by atoms with E-state index in [2.05, 4.69) is 12.2 Å². The molecule has 0 aromatic rings. The molecule has 0 saturated heterocycles. The monoisotopic (exact) mass is 253 g/mol. The number of nitrogens with one attached hydrogen (secondary N) is 1. The van der Waals surface area contributed by atoms with Gasteiger partial charge in [-0.15, -0.1) is 0 Å². The fraction of sp³-hybridized carbons (Fsp3) is 0.923. The summed E-state index contributed by atoms with van der Waals surface area (Å²) >= 11 is 0. The Kier molecular flexibility index (Phi) is 16.8. The van der Waals surface area contributed by atoms with Crippen LogP contribution in [0, 0.1) is 0 Å². The van der Waals surface area contributed by atoms with Crippen LogP contribution in [0.1, 0.15) is 65.2 Å². The number of carbonyl (C=O) groups is 1. The zero-order chi connectivity index (χ0) is 12.2. The molecular formula is C13H28NNaO2. The molecule has 0 aromatic carbocycles. The minimum atomic E-state index is -0.764. The number of hydrogen-bond acceptors (Lipinski definition) is 2. The van der Waals surface area contributed by atoms with Gasteiger partial charge in [0.2, 0.25) is 0 Å². The van der Waals surface area contributed by atoms with Gasteiger partial charge in [-0.05, 0) is 19.9 Å². The van der Waals surface area contributed by atoms with E-state index in [1.165, 1.54) is 44.9 Å². The summed E-state index contributed by atoms with van der Waals surface area (Å²) in [6.45, 7) is 4.74. The third-order valence-corrected chi connectivity index (χ3v) is 2.85.